The van der Waals surface area contributed by atoms with Crippen LogP contribution >= 0.6 is 0 Å². The second kappa shape index (κ2) is 5.50. The molecule has 0 saturated carbocycles. The number of aryl methyl sites for hydroxylation is 2. The van der Waals surface area contributed by atoms with Gasteiger partial charge in [0.1, 0.15) is 22.9 Å². The van der Waals surface area contributed by atoms with Gasteiger partial charge < -0.3 is 19.6 Å². The Kier molecular flexibility index (Phi) is 3.66. The second-order valence-corrected chi connectivity index (χ2v) is 5.64. The third-order valence-electron chi connectivity index (χ3n) is 3.99. The average Bonchev–Trinajstić information content (AvgIpc) is 2.84. The molecular formula is C17H19NO4. The first-order valence-corrected chi connectivity index (χ1v) is 7.29. The summed E-state index contributed by atoms with van der Waals surface area (Å²) in [7, 11) is 0. The molecule has 0 fully saturated rings. The van der Waals surface area contributed by atoms with Gasteiger partial charge in [-0.25, -0.2) is 0 Å². The molecule has 1 atom stereocenters. The molecule has 5 nitrogen and oxygen atoms in total. The van der Waals surface area contributed by atoms with Gasteiger partial charge in [0.25, 0.3) is 5.91 Å². The van der Waals surface area contributed by atoms with Gasteiger partial charge in [0, 0.05) is 12.0 Å². The Morgan fingerprint density at radius 3 is 2.86 bits per heavy atom. The first-order valence-electron chi connectivity index (χ1n) is 7.29. The van der Waals surface area contributed by atoms with E-state index >= 15 is 0 Å². The van der Waals surface area contributed by atoms with Crippen LogP contribution in [0, 0.1) is 13.8 Å². The molecule has 2 aromatic rings. The number of para-hydroxylation sites is 1. The Morgan fingerprint density at radius 1 is 1.36 bits per heavy atom. The minimum absolute atomic E-state index is 0.135. The van der Waals surface area contributed by atoms with Gasteiger partial charge in [-0.3, -0.25) is 4.79 Å². The Morgan fingerprint density at radius 2 is 2.14 bits per heavy atom. The van der Waals surface area contributed by atoms with Gasteiger partial charge in [0.05, 0.1) is 18.7 Å². The minimum Gasteiger partial charge on any atom is -0.493 e. The molecule has 0 saturated heterocycles. The number of furan rings is 1. The lowest BCUT2D eigenvalue weighted by atomic mass is 9.88. The third kappa shape index (κ3) is 2.60. The summed E-state index contributed by atoms with van der Waals surface area (Å²) >= 11 is 0. The SMILES string of the molecule is Cc1cc(C(=O)NC[C@@]2(O)CCOc3ccccc32)c(C)o1. The summed E-state index contributed by atoms with van der Waals surface area (Å²) in [4.78, 5) is 12.3. The number of ether oxygens (including phenoxy) is 1. The van der Waals surface area contributed by atoms with Crippen molar-refractivity contribution in [3.63, 3.8) is 0 Å². The van der Waals surface area contributed by atoms with Crippen LogP contribution in [-0.2, 0) is 5.60 Å². The van der Waals surface area contributed by atoms with E-state index in [0.717, 1.165) is 0 Å². The standard InChI is InChI=1S/C17H19NO4/c1-11-9-13(12(2)22-11)16(19)18-10-17(20)7-8-21-15-6-4-3-5-14(15)17/h3-6,9,20H,7-8,10H2,1-2H3,(H,18,19)/t17-/m0/s1. The van der Waals surface area contributed by atoms with Crippen molar-refractivity contribution in [3.8, 4) is 5.75 Å². The number of amides is 1. The van der Waals surface area contributed by atoms with Crippen LogP contribution in [0.15, 0.2) is 34.7 Å². The lowest BCUT2D eigenvalue weighted by Crippen LogP contribution is -2.43. The zero-order valence-corrected chi connectivity index (χ0v) is 12.7. The van der Waals surface area contributed by atoms with Crippen LogP contribution < -0.4 is 10.1 Å². The monoisotopic (exact) mass is 301 g/mol. The zero-order chi connectivity index (χ0) is 15.7. The van der Waals surface area contributed by atoms with Crippen LogP contribution in [-0.4, -0.2) is 24.2 Å². The molecule has 1 amide bonds. The molecule has 0 spiro atoms. The Hall–Kier alpha value is -2.27. The van der Waals surface area contributed by atoms with Gasteiger partial charge in [-0.2, -0.15) is 0 Å². The van der Waals surface area contributed by atoms with Crippen molar-refractivity contribution in [2.24, 2.45) is 0 Å². The van der Waals surface area contributed by atoms with Crippen molar-refractivity contribution in [2.45, 2.75) is 25.9 Å². The number of nitrogens with one attached hydrogen (secondary N) is 1. The molecule has 2 heterocycles. The highest BCUT2D eigenvalue weighted by molar-refractivity contribution is 5.95. The Balaban J connectivity index is 1.76. The van der Waals surface area contributed by atoms with Crippen molar-refractivity contribution in [1.82, 2.24) is 5.32 Å². The average molecular weight is 301 g/mol. The molecule has 1 aliphatic rings. The quantitative estimate of drug-likeness (QED) is 0.912. The molecule has 0 bridgehead atoms. The maximum Gasteiger partial charge on any atom is 0.254 e. The number of fused-ring (bicyclic) bond motifs is 1. The lowest BCUT2D eigenvalue weighted by molar-refractivity contribution is -0.00162. The van der Waals surface area contributed by atoms with E-state index in [9.17, 15) is 9.90 Å². The lowest BCUT2D eigenvalue weighted by Gasteiger charge is -2.34. The number of hydrogen-bond donors (Lipinski definition) is 2. The fourth-order valence-electron chi connectivity index (χ4n) is 2.80. The predicted molar refractivity (Wildman–Crippen MR) is 81.0 cm³/mol. The molecule has 22 heavy (non-hydrogen) atoms. The molecule has 0 radical (unpaired) electrons. The number of hydrogen-bond acceptors (Lipinski definition) is 4. The molecule has 1 aliphatic heterocycles. The fraction of sp³-hybridized carbons (Fsp3) is 0.353. The van der Waals surface area contributed by atoms with Gasteiger partial charge in [-0.15, -0.1) is 0 Å². The Labute approximate surface area is 128 Å². The van der Waals surface area contributed by atoms with Crippen molar-refractivity contribution < 1.29 is 19.1 Å². The van der Waals surface area contributed by atoms with E-state index in [-0.39, 0.29) is 12.5 Å². The number of rotatable bonds is 3. The van der Waals surface area contributed by atoms with Crippen molar-refractivity contribution in [1.29, 1.82) is 0 Å². The summed E-state index contributed by atoms with van der Waals surface area (Å²) in [6.45, 7) is 4.11. The van der Waals surface area contributed by atoms with E-state index in [1.807, 2.05) is 24.3 Å². The zero-order valence-electron chi connectivity index (χ0n) is 12.7. The largest absolute Gasteiger partial charge is 0.493 e. The summed E-state index contributed by atoms with van der Waals surface area (Å²) in [5, 5.41) is 13.7. The minimum atomic E-state index is -1.11. The molecule has 1 aromatic heterocycles. The fourth-order valence-corrected chi connectivity index (χ4v) is 2.80. The van der Waals surface area contributed by atoms with E-state index in [2.05, 4.69) is 5.32 Å². The van der Waals surface area contributed by atoms with Gasteiger partial charge in [-0.1, -0.05) is 18.2 Å². The highest BCUT2D eigenvalue weighted by Gasteiger charge is 2.36. The summed E-state index contributed by atoms with van der Waals surface area (Å²) in [6, 6.07) is 9.07. The van der Waals surface area contributed by atoms with E-state index in [4.69, 9.17) is 9.15 Å². The summed E-state index contributed by atoms with van der Waals surface area (Å²) in [5.74, 6) is 1.69. The molecule has 5 heteroatoms. The molecule has 1 aromatic carbocycles. The first-order chi connectivity index (χ1) is 10.5. The highest BCUT2D eigenvalue weighted by Crippen LogP contribution is 2.36. The van der Waals surface area contributed by atoms with Crippen LogP contribution in [0.5, 0.6) is 5.75 Å². The van der Waals surface area contributed by atoms with Gasteiger partial charge in [-0.05, 0) is 26.0 Å². The second-order valence-electron chi connectivity index (χ2n) is 5.64. The number of benzene rings is 1. The van der Waals surface area contributed by atoms with Crippen LogP contribution in [0.4, 0.5) is 0 Å². The van der Waals surface area contributed by atoms with E-state index in [1.54, 1.807) is 19.9 Å². The molecular weight excluding hydrogens is 282 g/mol. The molecule has 0 aliphatic carbocycles. The number of carbonyl (C=O) groups is 1. The summed E-state index contributed by atoms with van der Waals surface area (Å²) in [6.07, 6.45) is 0.438. The van der Waals surface area contributed by atoms with E-state index in [1.165, 1.54) is 0 Å². The maximum absolute atomic E-state index is 12.3. The van der Waals surface area contributed by atoms with Gasteiger partial charge >= 0.3 is 0 Å². The maximum atomic E-state index is 12.3. The van der Waals surface area contributed by atoms with Gasteiger partial charge in [0.2, 0.25) is 0 Å². The van der Waals surface area contributed by atoms with E-state index < -0.39 is 5.60 Å². The number of carbonyl (C=O) groups excluding carboxylic acids is 1. The van der Waals surface area contributed by atoms with Crippen LogP contribution in [0.1, 0.15) is 33.9 Å². The number of aliphatic hydroxyl groups is 1. The van der Waals surface area contributed by atoms with Crippen molar-refractivity contribution >= 4 is 5.91 Å². The van der Waals surface area contributed by atoms with Crippen LogP contribution in [0.3, 0.4) is 0 Å². The normalized spacial score (nSPS) is 20.1. The van der Waals surface area contributed by atoms with E-state index in [0.29, 0.717) is 41.4 Å². The molecule has 2 N–H and O–H groups in total. The molecule has 116 valence electrons. The smallest absolute Gasteiger partial charge is 0.254 e. The van der Waals surface area contributed by atoms with Crippen molar-refractivity contribution in [3.05, 3.63) is 53.0 Å². The van der Waals surface area contributed by atoms with Gasteiger partial charge in [0.15, 0.2) is 0 Å². The Bertz CT molecular complexity index is 706. The topological polar surface area (TPSA) is 71.7 Å². The summed E-state index contributed by atoms with van der Waals surface area (Å²) < 4.78 is 10.9. The highest BCUT2D eigenvalue weighted by atomic mass is 16.5. The molecule has 0 unspecified atom stereocenters. The summed E-state index contributed by atoms with van der Waals surface area (Å²) in [5.41, 5.74) is 0.0973. The van der Waals surface area contributed by atoms with Crippen LogP contribution in [0.25, 0.3) is 0 Å². The first kappa shape index (κ1) is 14.7. The van der Waals surface area contributed by atoms with Crippen LogP contribution in [0.2, 0.25) is 0 Å². The predicted octanol–water partition coefficient (Wildman–Crippen LogP) is 2.30. The molecule has 3 rings (SSSR count). The third-order valence-corrected chi connectivity index (χ3v) is 3.99. The van der Waals surface area contributed by atoms with Crippen molar-refractivity contribution in [2.75, 3.05) is 13.2 Å².